The molecule has 0 bridgehead atoms. The Kier molecular flexibility index (Phi) is 13.5. The van der Waals surface area contributed by atoms with Crippen molar-refractivity contribution in [1.82, 2.24) is 9.80 Å². The van der Waals surface area contributed by atoms with Crippen LogP contribution >= 0.6 is 0 Å². The topological polar surface area (TPSA) is 156 Å². The summed E-state index contributed by atoms with van der Waals surface area (Å²) in [4.78, 5) is 40.7. The number of carbonyl (C=O) groups excluding carboxylic acids is 2. The number of fused-ring (bicyclic) bond motifs is 4. The number of aliphatic imine (C=N–C) groups is 2. The van der Waals surface area contributed by atoms with E-state index in [1.807, 2.05) is 87.2 Å². The third-order valence-electron chi connectivity index (χ3n) is 12.1. The standard InChI is InChI=1S/C52H59N5O9/c1-51(2,53)17-22-66-52(3,4)18-21-63-40-15-11-34(12-16-40)36-24-38-30-55-44-28-48(46(62-7)26-42(44)50(59)57(38)32-36)65-20-8-19-64-47-27-43-41(25-45(47)61-6)49(58)56-31-35(23-37(56)29-54-43)33-9-13-39(60-5)14-10-33/h9-16,25-32,37-38H,8,17-24,53H2,1-7H3. The molecule has 346 valence electrons. The van der Waals surface area contributed by atoms with E-state index in [1.165, 1.54) is 0 Å². The molecule has 0 saturated heterocycles. The third-order valence-corrected chi connectivity index (χ3v) is 12.1. The number of carbonyl (C=O) groups is 2. The summed E-state index contributed by atoms with van der Waals surface area (Å²) in [5.74, 6) is 3.00. The number of nitrogens with zero attached hydrogens (tertiary/aromatic N) is 4. The van der Waals surface area contributed by atoms with Crippen LogP contribution < -0.4 is 34.2 Å². The maximum Gasteiger partial charge on any atom is 0.260 e. The Hall–Kier alpha value is -6.64. The van der Waals surface area contributed by atoms with Gasteiger partial charge in [-0.15, -0.1) is 0 Å². The minimum Gasteiger partial charge on any atom is -0.497 e. The van der Waals surface area contributed by atoms with E-state index < -0.39 is 0 Å². The maximum absolute atomic E-state index is 14.0. The summed E-state index contributed by atoms with van der Waals surface area (Å²) in [5, 5.41) is 0. The van der Waals surface area contributed by atoms with E-state index in [4.69, 9.17) is 48.9 Å². The fourth-order valence-electron chi connectivity index (χ4n) is 8.21. The number of nitrogens with two attached hydrogens (primary N) is 1. The van der Waals surface area contributed by atoms with Gasteiger partial charge in [0.1, 0.15) is 11.5 Å². The molecule has 0 fully saturated rings. The van der Waals surface area contributed by atoms with Gasteiger partial charge in [-0.3, -0.25) is 19.6 Å². The number of methoxy groups -OCH3 is 3. The molecule has 2 amide bonds. The van der Waals surface area contributed by atoms with Crippen molar-refractivity contribution in [1.29, 1.82) is 0 Å². The molecule has 14 nitrogen and oxygen atoms in total. The monoisotopic (exact) mass is 897 g/mol. The molecule has 0 spiro atoms. The van der Waals surface area contributed by atoms with Gasteiger partial charge in [-0.2, -0.15) is 0 Å². The summed E-state index contributed by atoms with van der Waals surface area (Å²) in [6.45, 7) is 9.84. The minimum atomic E-state index is -0.324. The van der Waals surface area contributed by atoms with Crippen LogP contribution in [0.15, 0.2) is 95.2 Å². The number of hydrogen-bond donors (Lipinski definition) is 1. The van der Waals surface area contributed by atoms with Crippen molar-refractivity contribution in [2.24, 2.45) is 15.7 Å². The van der Waals surface area contributed by atoms with Crippen molar-refractivity contribution >= 4 is 46.8 Å². The normalized spacial score (nSPS) is 17.5. The molecule has 4 aromatic carbocycles. The highest BCUT2D eigenvalue weighted by atomic mass is 16.5. The second-order valence-corrected chi connectivity index (χ2v) is 18.1. The van der Waals surface area contributed by atoms with Crippen LogP contribution in [0, 0.1) is 0 Å². The van der Waals surface area contributed by atoms with Crippen LogP contribution in [-0.4, -0.2) is 105 Å². The number of amides is 2. The Morgan fingerprint density at radius 1 is 0.591 bits per heavy atom. The highest BCUT2D eigenvalue weighted by Gasteiger charge is 2.35. The van der Waals surface area contributed by atoms with E-state index in [0.717, 1.165) is 46.6 Å². The molecule has 8 rings (SSSR count). The van der Waals surface area contributed by atoms with Crippen LogP contribution in [0.5, 0.6) is 34.5 Å². The Labute approximate surface area is 386 Å². The van der Waals surface area contributed by atoms with E-state index in [2.05, 4.69) is 13.8 Å². The number of ether oxygens (including phenoxy) is 7. The molecule has 0 saturated carbocycles. The van der Waals surface area contributed by atoms with Crippen molar-refractivity contribution in [3.05, 3.63) is 107 Å². The first kappa shape index (κ1) is 45.9. The smallest absolute Gasteiger partial charge is 0.260 e. The Balaban J connectivity index is 0.846. The number of hydrogen-bond acceptors (Lipinski definition) is 12. The third kappa shape index (κ3) is 10.4. The van der Waals surface area contributed by atoms with Gasteiger partial charge >= 0.3 is 0 Å². The van der Waals surface area contributed by atoms with Gasteiger partial charge in [-0.25, -0.2) is 0 Å². The lowest BCUT2D eigenvalue weighted by atomic mass is 10.0. The zero-order valence-electron chi connectivity index (χ0n) is 38.8. The largest absolute Gasteiger partial charge is 0.497 e. The number of benzene rings is 4. The van der Waals surface area contributed by atoms with Gasteiger partial charge in [0.2, 0.25) is 0 Å². The van der Waals surface area contributed by atoms with Crippen LogP contribution in [0.2, 0.25) is 0 Å². The fourth-order valence-corrected chi connectivity index (χ4v) is 8.21. The quantitative estimate of drug-likeness (QED) is 0.0901. The van der Waals surface area contributed by atoms with E-state index in [9.17, 15) is 9.59 Å². The van der Waals surface area contributed by atoms with Crippen molar-refractivity contribution in [3.8, 4) is 34.5 Å². The Bertz CT molecular complexity index is 2560. The van der Waals surface area contributed by atoms with Crippen molar-refractivity contribution in [2.45, 2.75) is 83.0 Å². The van der Waals surface area contributed by atoms with E-state index in [-0.39, 0.29) is 35.0 Å². The summed E-state index contributed by atoms with van der Waals surface area (Å²) < 4.78 is 41.1. The first-order valence-corrected chi connectivity index (χ1v) is 22.4. The van der Waals surface area contributed by atoms with Gasteiger partial charge in [0.15, 0.2) is 23.0 Å². The maximum atomic E-state index is 14.0. The molecule has 2 unspecified atom stereocenters. The van der Waals surface area contributed by atoms with Crippen LogP contribution in [0.3, 0.4) is 0 Å². The summed E-state index contributed by atoms with van der Waals surface area (Å²) in [6, 6.07) is 22.2. The lowest BCUT2D eigenvalue weighted by Crippen LogP contribution is -2.35. The van der Waals surface area contributed by atoms with Gasteiger partial charge in [0, 0.05) is 74.8 Å². The summed E-state index contributed by atoms with van der Waals surface area (Å²) >= 11 is 0. The second kappa shape index (κ2) is 19.4. The van der Waals surface area contributed by atoms with Crippen molar-refractivity contribution < 1.29 is 42.7 Å². The molecule has 0 aliphatic carbocycles. The number of rotatable bonds is 19. The average molecular weight is 898 g/mol. The Morgan fingerprint density at radius 2 is 1.08 bits per heavy atom. The molecular weight excluding hydrogens is 839 g/mol. The fraction of sp³-hybridized carbons (Fsp3) is 0.385. The van der Waals surface area contributed by atoms with Gasteiger partial charge < -0.3 is 48.7 Å². The molecule has 4 aliphatic heterocycles. The predicted octanol–water partition coefficient (Wildman–Crippen LogP) is 9.19. The lowest BCUT2D eigenvalue weighted by molar-refractivity contribution is -0.0359. The lowest BCUT2D eigenvalue weighted by Gasteiger charge is -2.27. The first-order chi connectivity index (χ1) is 31.7. The molecule has 4 aliphatic rings. The minimum absolute atomic E-state index is 0.161. The molecular formula is C52H59N5O9. The average Bonchev–Trinajstić information content (AvgIpc) is 3.88. The Morgan fingerprint density at radius 3 is 1.53 bits per heavy atom. The first-order valence-electron chi connectivity index (χ1n) is 22.4. The summed E-state index contributed by atoms with van der Waals surface area (Å²) in [7, 11) is 4.72. The molecule has 14 heteroatoms. The zero-order valence-corrected chi connectivity index (χ0v) is 38.8. The highest BCUT2D eigenvalue weighted by molar-refractivity contribution is 6.06. The molecule has 0 aromatic heterocycles. The molecule has 2 atom stereocenters. The molecule has 66 heavy (non-hydrogen) atoms. The predicted molar refractivity (Wildman–Crippen MR) is 255 cm³/mol. The van der Waals surface area contributed by atoms with Gasteiger partial charge in [0.25, 0.3) is 11.8 Å². The SMILES string of the molecule is COc1ccc(C2=CN3C(=O)c4cc(OC)c(OCCCOc5cc6c(cc5OC)C(=O)N5C=C(c7ccc(OCCC(C)(C)OCCC(C)(C)N)cc7)CC5C=N6)cc4N=CC3C2)cc1. The van der Waals surface area contributed by atoms with E-state index in [1.54, 1.807) is 55.4 Å². The molecule has 0 radical (unpaired) electrons. The van der Waals surface area contributed by atoms with E-state index >= 15 is 0 Å². The molecule has 4 aromatic rings. The highest BCUT2D eigenvalue weighted by Crippen LogP contribution is 2.42. The van der Waals surface area contributed by atoms with Gasteiger partial charge in [-0.05, 0) is 92.8 Å². The molecule has 4 heterocycles. The second-order valence-electron chi connectivity index (χ2n) is 18.1. The summed E-state index contributed by atoms with van der Waals surface area (Å²) in [6.07, 6.45) is 10.7. The van der Waals surface area contributed by atoms with Crippen LogP contribution in [0.25, 0.3) is 11.1 Å². The molecule has 2 N–H and O–H groups in total. The van der Waals surface area contributed by atoms with Gasteiger partial charge in [0.05, 0.1) is 81.3 Å². The van der Waals surface area contributed by atoms with Crippen LogP contribution in [0.4, 0.5) is 11.4 Å². The zero-order chi connectivity index (χ0) is 46.6. The van der Waals surface area contributed by atoms with Crippen molar-refractivity contribution in [2.75, 3.05) is 47.8 Å². The van der Waals surface area contributed by atoms with Gasteiger partial charge in [-0.1, -0.05) is 24.3 Å². The van der Waals surface area contributed by atoms with Crippen molar-refractivity contribution in [3.63, 3.8) is 0 Å². The van der Waals surface area contributed by atoms with Crippen LogP contribution in [-0.2, 0) is 4.74 Å². The van der Waals surface area contributed by atoms with E-state index in [0.29, 0.717) is 91.2 Å². The van der Waals surface area contributed by atoms with Crippen LogP contribution in [0.1, 0.15) is 91.6 Å². The summed E-state index contributed by atoms with van der Waals surface area (Å²) in [5.41, 5.74) is 11.5.